The number of aliphatic hydroxyl groups is 1. The number of carbonyl (C=O) groups excluding carboxylic acids is 2. The number of nitrogens with zero attached hydrogens (tertiary/aromatic N) is 1. The van der Waals surface area contributed by atoms with E-state index in [-0.39, 0.29) is 18.9 Å². The summed E-state index contributed by atoms with van der Waals surface area (Å²) in [5.41, 5.74) is 0. The van der Waals surface area contributed by atoms with Crippen molar-refractivity contribution in [2.24, 2.45) is 0 Å². The van der Waals surface area contributed by atoms with Gasteiger partial charge in [-0.05, 0) is 6.26 Å². The molecule has 0 unspecified atom stereocenters. The molecule has 6 heteroatoms. The van der Waals surface area contributed by atoms with E-state index < -0.39 is 18.1 Å². The first-order valence-corrected chi connectivity index (χ1v) is 6.03. The van der Waals surface area contributed by atoms with E-state index in [0.717, 1.165) is 0 Å². The van der Waals surface area contributed by atoms with Gasteiger partial charge in [-0.25, -0.2) is 4.79 Å². The van der Waals surface area contributed by atoms with Crippen LogP contribution >= 0.6 is 11.8 Å². The van der Waals surface area contributed by atoms with Crippen molar-refractivity contribution < 1.29 is 19.4 Å². The standard InChI is InChI=1S/C9H15NO4S/c1-14-9(13)7-3-6(11)4-10(7)8(12)5-15-2/h6-7,11H,3-5H2,1-2H3/t6-,7+/m1/s1. The van der Waals surface area contributed by atoms with E-state index >= 15 is 0 Å². The Hall–Kier alpha value is -0.750. The van der Waals surface area contributed by atoms with Crippen molar-refractivity contribution in [1.29, 1.82) is 0 Å². The molecule has 0 aromatic carbocycles. The summed E-state index contributed by atoms with van der Waals surface area (Å²) < 4.78 is 4.59. The van der Waals surface area contributed by atoms with E-state index in [2.05, 4.69) is 4.74 Å². The van der Waals surface area contributed by atoms with Crippen LogP contribution in [0, 0.1) is 0 Å². The van der Waals surface area contributed by atoms with E-state index in [1.165, 1.54) is 23.8 Å². The van der Waals surface area contributed by atoms with Gasteiger partial charge in [0.15, 0.2) is 0 Å². The zero-order valence-corrected chi connectivity index (χ0v) is 9.62. The average molecular weight is 233 g/mol. The minimum absolute atomic E-state index is 0.130. The van der Waals surface area contributed by atoms with Crippen molar-refractivity contribution in [2.45, 2.75) is 18.6 Å². The number of aliphatic hydroxyl groups excluding tert-OH is 1. The first kappa shape index (κ1) is 12.3. The molecule has 0 saturated carbocycles. The molecule has 1 saturated heterocycles. The minimum Gasteiger partial charge on any atom is -0.467 e. The van der Waals surface area contributed by atoms with Crippen LogP contribution < -0.4 is 0 Å². The second-order valence-electron chi connectivity index (χ2n) is 3.41. The van der Waals surface area contributed by atoms with Crippen molar-refractivity contribution in [3.63, 3.8) is 0 Å². The fourth-order valence-corrected chi connectivity index (χ4v) is 2.07. The summed E-state index contributed by atoms with van der Waals surface area (Å²) in [5.74, 6) is -0.268. The number of carbonyl (C=O) groups is 2. The lowest BCUT2D eigenvalue weighted by atomic mass is 10.2. The Kier molecular flexibility index (Phi) is 4.41. The van der Waals surface area contributed by atoms with Crippen LogP contribution in [0.25, 0.3) is 0 Å². The molecule has 0 spiro atoms. The number of ether oxygens (including phenoxy) is 1. The second-order valence-corrected chi connectivity index (χ2v) is 4.27. The molecule has 1 aliphatic heterocycles. The lowest BCUT2D eigenvalue weighted by Crippen LogP contribution is -2.42. The third kappa shape index (κ3) is 2.85. The summed E-state index contributed by atoms with van der Waals surface area (Å²) in [6.45, 7) is 0.221. The number of hydrogen-bond acceptors (Lipinski definition) is 5. The van der Waals surface area contributed by atoms with Gasteiger partial charge in [0, 0.05) is 13.0 Å². The van der Waals surface area contributed by atoms with Gasteiger partial charge in [-0.15, -0.1) is 0 Å². The summed E-state index contributed by atoms with van der Waals surface area (Å²) in [5, 5.41) is 9.42. The Morgan fingerprint density at radius 3 is 2.80 bits per heavy atom. The number of thioether (sulfide) groups is 1. The number of rotatable bonds is 3. The average Bonchev–Trinajstić information content (AvgIpc) is 2.59. The number of β-amino-alcohol motifs (C(OH)–C–C–N with tert-alkyl or cyclic N) is 1. The predicted octanol–water partition coefficient (Wildman–Crippen LogP) is -0.516. The number of methoxy groups -OCH3 is 1. The van der Waals surface area contributed by atoms with Crippen LogP contribution in [-0.2, 0) is 14.3 Å². The van der Waals surface area contributed by atoms with Gasteiger partial charge >= 0.3 is 5.97 Å². The number of amides is 1. The third-order valence-corrected chi connectivity index (χ3v) is 2.88. The zero-order valence-electron chi connectivity index (χ0n) is 8.80. The van der Waals surface area contributed by atoms with E-state index in [1.807, 2.05) is 6.26 Å². The Balaban J connectivity index is 2.68. The Morgan fingerprint density at radius 1 is 1.60 bits per heavy atom. The summed E-state index contributed by atoms with van der Waals surface area (Å²) in [6, 6.07) is -0.621. The number of likely N-dealkylation sites (tertiary alicyclic amines) is 1. The molecular formula is C9H15NO4S. The van der Waals surface area contributed by atoms with Gasteiger partial charge in [0.05, 0.1) is 19.0 Å². The minimum atomic E-state index is -0.625. The fraction of sp³-hybridized carbons (Fsp3) is 0.778. The fourth-order valence-electron chi connectivity index (χ4n) is 1.66. The van der Waals surface area contributed by atoms with Gasteiger partial charge in [-0.2, -0.15) is 11.8 Å². The smallest absolute Gasteiger partial charge is 0.328 e. The first-order chi connectivity index (χ1) is 7.10. The van der Waals surface area contributed by atoms with Crippen LogP contribution in [0.5, 0.6) is 0 Å². The molecule has 1 heterocycles. The zero-order chi connectivity index (χ0) is 11.4. The SMILES string of the molecule is COC(=O)[C@@H]1C[C@@H](O)CN1C(=O)CSC. The van der Waals surface area contributed by atoms with Crippen LogP contribution in [0.4, 0.5) is 0 Å². The van der Waals surface area contributed by atoms with Crippen LogP contribution in [0.1, 0.15) is 6.42 Å². The van der Waals surface area contributed by atoms with Crippen LogP contribution in [0.2, 0.25) is 0 Å². The molecule has 15 heavy (non-hydrogen) atoms. The van der Waals surface area contributed by atoms with Gasteiger partial charge in [0.25, 0.3) is 0 Å². The van der Waals surface area contributed by atoms with E-state index in [4.69, 9.17) is 0 Å². The highest BCUT2D eigenvalue weighted by Crippen LogP contribution is 2.19. The largest absolute Gasteiger partial charge is 0.467 e. The van der Waals surface area contributed by atoms with Crippen molar-refractivity contribution in [1.82, 2.24) is 4.90 Å². The van der Waals surface area contributed by atoms with Crippen molar-refractivity contribution in [3.8, 4) is 0 Å². The van der Waals surface area contributed by atoms with Gasteiger partial charge in [0.2, 0.25) is 5.91 Å². The highest BCUT2D eigenvalue weighted by Gasteiger charge is 2.39. The molecule has 5 nitrogen and oxygen atoms in total. The molecule has 0 aromatic rings. The Bertz CT molecular complexity index is 258. The van der Waals surface area contributed by atoms with Crippen molar-refractivity contribution in [2.75, 3.05) is 25.7 Å². The number of esters is 1. The maximum Gasteiger partial charge on any atom is 0.328 e. The van der Waals surface area contributed by atoms with Crippen LogP contribution in [-0.4, -0.2) is 59.7 Å². The summed E-state index contributed by atoms with van der Waals surface area (Å²) in [7, 11) is 1.28. The quantitative estimate of drug-likeness (QED) is 0.665. The molecule has 1 amide bonds. The molecule has 1 fully saturated rings. The molecule has 1 rings (SSSR count). The molecular weight excluding hydrogens is 218 g/mol. The summed E-state index contributed by atoms with van der Waals surface area (Å²) >= 11 is 1.39. The predicted molar refractivity (Wildman–Crippen MR) is 56.5 cm³/mol. The topological polar surface area (TPSA) is 66.8 Å². The third-order valence-electron chi connectivity index (χ3n) is 2.34. The van der Waals surface area contributed by atoms with E-state index in [0.29, 0.717) is 5.75 Å². The molecule has 0 bridgehead atoms. The monoisotopic (exact) mass is 233 g/mol. The van der Waals surface area contributed by atoms with Crippen molar-refractivity contribution in [3.05, 3.63) is 0 Å². The number of hydrogen-bond donors (Lipinski definition) is 1. The summed E-state index contributed by atoms with van der Waals surface area (Å²) in [4.78, 5) is 24.3. The van der Waals surface area contributed by atoms with Crippen molar-refractivity contribution >= 4 is 23.6 Å². The lowest BCUT2D eigenvalue weighted by Gasteiger charge is -2.21. The van der Waals surface area contributed by atoms with Gasteiger partial charge in [-0.1, -0.05) is 0 Å². The first-order valence-electron chi connectivity index (χ1n) is 4.64. The van der Waals surface area contributed by atoms with Crippen LogP contribution in [0.3, 0.4) is 0 Å². The maximum absolute atomic E-state index is 11.6. The Labute approximate surface area is 92.8 Å². The molecule has 1 aliphatic rings. The molecule has 0 radical (unpaired) electrons. The Morgan fingerprint density at radius 2 is 2.27 bits per heavy atom. The highest BCUT2D eigenvalue weighted by molar-refractivity contribution is 7.99. The highest BCUT2D eigenvalue weighted by atomic mass is 32.2. The van der Waals surface area contributed by atoms with E-state index in [1.54, 1.807) is 0 Å². The second kappa shape index (κ2) is 5.37. The molecule has 0 aromatic heterocycles. The normalized spacial score (nSPS) is 25.4. The molecule has 1 N–H and O–H groups in total. The molecule has 2 atom stereocenters. The van der Waals surface area contributed by atoms with Gasteiger partial charge in [-0.3, -0.25) is 4.79 Å². The van der Waals surface area contributed by atoms with Crippen LogP contribution in [0.15, 0.2) is 0 Å². The molecule has 0 aliphatic carbocycles. The summed E-state index contributed by atoms with van der Waals surface area (Å²) in [6.07, 6.45) is 1.46. The van der Waals surface area contributed by atoms with Gasteiger partial charge in [0.1, 0.15) is 6.04 Å². The van der Waals surface area contributed by atoms with E-state index in [9.17, 15) is 14.7 Å². The van der Waals surface area contributed by atoms with Gasteiger partial charge < -0.3 is 14.7 Å². The maximum atomic E-state index is 11.6. The molecule has 86 valence electrons. The lowest BCUT2D eigenvalue weighted by molar-refractivity contribution is -0.150.